The van der Waals surface area contributed by atoms with Gasteiger partial charge < -0.3 is 65.6 Å². The average Bonchev–Trinajstić information content (AvgIpc) is 4.17. The highest BCUT2D eigenvalue weighted by atomic mass is 31.2. The van der Waals surface area contributed by atoms with Gasteiger partial charge in [-0.05, 0) is 0 Å². The van der Waals surface area contributed by atoms with Crippen LogP contribution in [-0.4, -0.2) is 174 Å². The SMILES string of the molecule is CO[C@H]1[C@@H](OP(=O)(O)OC[C@H]2O[C@@H](n3cnc4c(N)ncnc43)[C@H](OP(=O)(O)OC[C@H]3O[C@@H](n4cnc5c(N)ncnc54)[C@H](O)[C@@H]3O)[C@@H]2OC)[C@H](n2cnc3c(N)ncnc32)O[C@@H]1CCOC=O. The number of ether oxygens (including phenoxy) is 6. The zero-order valence-corrected chi connectivity index (χ0v) is 37.2. The van der Waals surface area contributed by atoms with Crippen molar-refractivity contribution in [3.8, 4) is 0 Å². The molecule has 3 fully saturated rings. The summed E-state index contributed by atoms with van der Waals surface area (Å²) in [5, 5.41) is 21.8. The molecule has 6 aromatic rings. The van der Waals surface area contributed by atoms with Gasteiger partial charge in [0.25, 0.3) is 6.47 Å². The second-order valence-corrected chi connectivity index (χ2v) is 18.1. The topological polar surface area (TPSA) is 433 Å². The molecule has 0 amide bonds. The van der Waals surface area contributed by atoms with Crippen LogP contribution in [0.15, 0.2) is 38.0 Å². The Kier molecular flexibility index (Phi) is 13.3. The van der Waals surface area contributed by atoms with E-state index < -0.39 is 102 Å². The molecule has 0 bridgehead atoms. The van der Waals surface area contributed by atoms with Crippen LogP contribution < -0.4 is 17.2 Å². The first-order valence-corrected chi connectivity index (χ1v) is 23.2. The minimum absolute atomic E-state index is 0.0150. The summed E-state index contributed by atoms with van der Waals surface area (Å²) in [7, 11) is -7.90. The van der Waals surface area contributed by atoms with Crippen LogP contribution in [-0.2, 0) is 60.4 Å². The van der Waals surface area contributed by atoms with E-state index in [0.29, 0.717) is 0 Å². The first kappa shape index (κ1) is 47.5. The smallest absolute Gasteiger partial charge is 0.468 e. The van der Waals surface area contributed by atoms with E-state index in [-0.39, 0.29) is 70.4 Å². The van der Waals surface area contributed by atoms with Crippen LogP contribution in [0.25, 0.3) is 33.5 Å². The summed E-state index contributed by atoms with van der Waals surface area (Å²) in [6, 6.07) is 0. The molecule has 10 N–H and O–H groups in total. The zero-order chi connectivity index (χ0) is 48.1. The molecular weight excluding hydrogens is 952 g/mol. The van der Waals surface area contributed by atoms with Crippen LogP contribution >= 0.6 is 15.6 Å². The lowest BCUT2D eigenvalue weighted by atomic mass is 10.1. The van der Waals surface area contributed by atoms with Gasteiger partial charge >= 0.3 is 15.6 Å². The molecule has 0 aromatic carbocycles. The van der Waals surface area contributed by atoms with Crippen LogP contribution in [0.2, 0.25) is 0 Å². The maximum absolute atomic E-state index is 14.0. The van der Waals surface area contributed by atoms with Crippen molar-refractivity contribution in [2.45, 2.75) is 80.0 Å². The molecule has 2 unspecified atom stereocenters. The molecule has 9 rings (SSSR count). The molecule has 68 heavy (non-hydrogen) atoms. The van der Waals surface area contributed by atoms with Crippen molar-refractivity contribution in [1.82, 2.24) is 58.6 Å². The Morgan fingerprint density at radius 1 is 0.603 bits per heavy atom. The molecule has 34 heteroatoms. The monoisotopic (exact) mass is 995 g/mol. The van der Waals surface area contributed by atoms with E-state index in [1.54, 1.807) is 0 Å². The molecule has 6 aromatic heterocycles. The van der Waals surface area contributed by atoms with Gasteiger partial charge in [-0.15, -0.1) is 0 Å². The fraction of sp³-hybridized carbons (Fsp3) is 0.529. The number of nitrogens with two attached hydrogens (primary N) is 3. The number of nitrogens with zero attached hydrogens (tertiary/aromatic N) is 12. The van der Waals surface area contributed by atoms with Crippen molar-refractivity contribution >= 4 is 73.1 Å². The van der Waals surface area contributed by atoms with Crippen LogP contribution in [0.5, 0.6) is 0 Å². The highest BCUT2D eigenvalue weighted by molar-refractivity contribution is 7.47. The Balaban J connectivity index is 0.936. The molecule has 3 aliphatic rings. The van der Waals surface area contributed by atoms with E-state index in [1.165, 1.54) is 59.6 Å². The first-order valence-electron chi connectivity index (χ1n) is 20.2. The Labute approximate surface area is 380 Å². The lowest BCUT2D eigenvalue weighted by Crippen LogP contribution is -2.38. The van der Waals surface area contributed by atoms with Gasteiger partial charge in [0.05, 0.1) is 44.9 Å². The summed E-state index contributed by atoms with van der Waals surface area (Å²) in [6.07, 6.45) is -8.97. The number of aliphatic hydroxyl groups excluding tert-OH is 2. The number of hydrogen-bond acceptors (Lipinski definition) is 27. The number of methoxy groups -OCH3 is 2. The van der Waals surface area contributed by atoms with Crippen molar-refractivity contribution in [3.63, 3.8) is 0 Å². The third-order valence-corrected chi connectivity index (χ3v) is 13.3. The highest BCUT2D eigenvalue weighted by Crippen LogP contribution is 2.53. The molecule has 0 aliphatic carbocycles. The Morgan fingerprint density at radius 3 is 1.47 bits per heavy atom. The average molecular weight is 996 g/mol. The second kappa shape index (κ2) is 19.1. The van der Waals surface area contributed by atoms with Crippen LogP contribution in [0.4, 0.5) is 17.5 Å². The molecule has 3 saturated heterocycles. The number of rotatable bonds is 19. The third kappa shape index (κ3) is 8.96. The van der Waals surface area contributed by atoms with Crippen LogP contribution in [0.1, 0.15) is 25.1 Å². The van der Waals surface area contributed by atoms with E-state index in [1.807, 2.05) is 0 Å². The quantitative estimate of drug-likeness (QED) is 0.0269. The summed E-state index contributed by atoms with van der Waals surface area (Å²) in [5.41, 5.74) is 18.9. The third-order valence-electron chi connectivity index (χ3n) is 11.3. The molecule has 366 valence electrons. The van der Waals surface area contributed by atoms with Gasteiger partial charge in [-0.3, -0.25) is 36.6 Å². The highest BCUT2D eigenvalue weighted by Gasteiger charge is 2.54. The number of fused-ring (bicyclic) bond motifs is 3. The van der Waals surface area contributed by atoms with E-state index in [4.69, 9.17) is 63.7 Å². The van der Waals surface area contributed by atoms with E-state index in [0.717, 1.165) is 6.33 Å². The number of nitrogen functional groups attached to an aromatic ring is 3. The van der Waals surface area contributed by atoms with Crippen LogP contribution in [0, 0.1) is 0 Å². The van der Waals surface area contributed by atoms with Crippen molar-refractivity contribution in [2.75, 3.05) is 51.2 Å². The van der Waals surface area contributed by atoms with Crippen molar-refractivity contribution < 1.29 is 80.4 Å². The molecule has 0 saturated carbocycles. The number of anilines is 3. The van der Waals surface area contributed by atoms with E-state index in [2.05, 4.69) is 44.9 Å². The number of carbonyl (C=O) groups is 1. The number of imidazole rings is 3. The van der Waals surface area contributed by atoms with E-state index in [9.17, 15) is 33.9 Å². The normalized spacial score (nSPS) is 30.3. The number of carbonyl (C=O) groups excluding carboxylic acids is 1. The summed E-state index contributed by atoms with van der Waals surface area (Å²) in [4.78, 5) is 70.4. The molecule has 0 spiro atoms. The first-order chi connectivity index (χ1) is 32.6. The summed E-state index contributed by atoms with van der Waals surface area (Å²) in [5.74, 6) is 0.0881. The zero-order valence-electron chi connectivity index (χ0n) is 35.4. The molecule has 9 heterocycles. The lowest BCUT2D eigenvalue weighted by Gasteiger charge is -2.27. The summed E-state index contributed by atoms with van der Waals surface area (Å²) < 4.78 is 88.7. The number of aliphatic hydroxyl groups is 2. The van der Waals surface area contributed by atoms with Gasteiger partial charge in [-0.2, -0.15) is 0 Å². The minimum Gasteiger partial charge on any atom is -0.468 e. The van der Waals surface area contributed by atoms with Crippen LogP contribution in [0.3, 0.4) is 0 Å². The molecule has 32 nitrogen and oxygen atoms in total. The molecule has 14 atom stereocenters. The lowest BCUT2D eigenvalue weighted by molar-refractivity contribution is -0.130. The van der Waals surface area contributed by atoms with Gasteiger partial charge in [0.2, 0.25) is 0 Å². The predicted octanol–water partition coefficient (Wildman–Crippen LogP) is -1.74. The standard InChI is InChI=1S/C34H43N15O17P2/c1-57-22-14(3-4-59-13-50)62-33(48-11-45-18-27(36)39-8-42-30(18)48)24(22)65-68(55,56)61-6-16-23(58-2)25(34(64-16)49-12-46-19-28(37)40-9-43-31(19)49)66-67(53,54)60-5-15-20(51)21(52)32(63-15)47-10-44-17-26(35)38-7-41-29(17)47/h7-16,20-25,32-34,51-52H,3-6H2,1-2H3,(H,53,54)(H,55,56)(H2,35,38,41)(H2,36,39,42)(H2,37,40,43)/t14-,15-,16-,20-,21-,22-,23-,24-,25-,32-,33-,34-/m1/s1. The minimum atomic E-state index is -5.23. The predicted molar refractivity (Wildman–Crippen MR) is 222 cm³/mol. The van der Waals surface area contributed by atoms with Gasteiger partial charge in [0.1, 0.15) is 84.4 Å². The molecule has 3 aliphatic heterocycles. The van der Waals surface area contributed by atoms with Gasteiger partial charge in [0.15, 0.2) is 53.1 Å². The Bertz CT molecular complexity index is 2880. The summed E-state index contributed by atoms with van der Waals surface area (Å²) in [6.45, 7) is -1.43. The fourth-order valence-corrected chi connectivity index (χ4v) is 10.1. The van der Waals surface area contributed by atoms with Crippen molar-refractivity contribution in [1.29, 1.82) is 0 Å². The Morgan fingerprint density at radius 2 is 1.01 bits per heavy atom. The van der Waals surface area contributed by atoms with Gasteiger partial charge in [-0.25, -0.2) is 54.0 Å². The maximum atomic E-state index is 14.0. The van der Waals surface area contributed by atoms with Gasteiger partial charge in [-0.1, -0.05) is 0 Å². The summed E-state index contributed by atoms with van der Waals surface area (Å²) >= 11 is 0. The number of hydrogen-bond donors (Lipinski definition) is 7. The van der Waals surface area contributed by atoms with E-state index >= 15 is 0 Å². The molecular formula is C34H43N15O17P2. The van der Waals surface area contributed by atoms with Gasteiger partial charge in [0, 0.05) is 20.6 Å². The molecule has 0 radical (unpaired) electrons. The fourth-order valence-electron chi connectivity index (χ4n) is 8.23. The van der Waals surface area contributed by atoms with Crippen molar-refractivity contribution in [2.24, 2.45) is 0 Å². The largest absolute Gasteiger partial charge is 0.472 e. The van der Waals surface area contributed by atoms with Crippen molar-refractivity contribution in [3.05, 3.63) is 38.0 Å². The number of phosphoric ester groups is 2. The Hall–Kier alpha value is -5.54. The number of phosphoric acid groups is 2. The maximum Gasteiger partial charge on any atom is 0.472 e. The number of aromatic nitrogens is 12. The second-order valence-electron chi connectivity index (χ2n) is 15.3.